The van der Waals surface area contributed by atoms with E-state index in [4.69, 9.17) is 0 Å². The molecule has 2 aromatic carbocycles. The van der Waals surface area contributed by atoms with Gasteiger partial charge in [0, 0.05) is 11.5 Å². The topological polar surface area (TPSA) is 63.7 Å². The number of methoxy groups -OCH3 is 1. The summed E-state index contributed by atoms with van der Waals surface area (Å²) < 4.78 is 32.1. The van der Waals surface area contributed by atoms with Crippen molar-refractivity contribution < 1.29 is 17.9 Å². The van der Waals surface area contributed by atoms with Crippen LogP contribution in [0.5, 0.6) is 0 Å². The standard InChI is InChI=1S/C16H16BrNO4S/c1-11-4-5-12(16(19)22-3)10-15(11)18(2)23(20,21)14-8-6-13(17)7-9-14/h4-10H,1-3H3. The van der Waals surface area contributed by atoms with Crippen LogP contribution < -0.4 is 4.31 Å². The van der Waals surface area contributed by atoms with Gasteiger partial charge < -0.3 is 4.74 Å². The number of carbonyl (C=O) groups excluding carboxylic acids is 1. The van der Waals surface area contributed by atoms with Crippen molar-refractivity contribution in [3.05, 3.63) is 58.1 Å². The van der Waals surface area contributed by atoms with E-state index in [0.29, 0.717) is 11.3 Å². The summed E-state index contributed by atoms with van der Waals surface area (Å²) in [5, 5.41) is 0. The smallest absolute Gasteiger partial charge is 0.337 e. The first-order valence-corrected chi connectivity index (χ1v) is 8.94. The molecule has 7 heteroatoms. The first-order valence-electron chi connectivity index (χ1n) is 6.71. The SMILES string of the molecule is COC(=O)c1ccc(C)c(N(C)S(=O)(=O)c2ccc(Br)cc2)c1. The lowest BCUT2D eigenvalue weighted by atomic mass is 10.1. The maximum absolute atomic E-state index is 12.7. The summed E-state index contributed by atoms with van der Waals surface area (Å²) in [6.45, 7) is 1.78. The second-order valence-electron chi connectivity index (χ2n) is 4.92. The summed E-state index contributed by atoms with van der Waals surface area (Å²) >= 11 is 3.28. The molecule has 0 atom stereocenters. The largest absolute Gasteiger partial charge is 0.465 e. The van der Waals surface area contributed by atoms with Gasteiger partial charge in [0.1, 0.15) is 0 Å². The highest BCUT2D eigenvalue weighted by Crippen LogP contribution is 2.27. The number of halogens is 1. The number of esters is 1. The minimum absolute atomic E-state index is 0.172. The lowest BCUT2D eigenvalue weighted by molar-refractivity contribution is 0.0600. The van der Waals surface area contributed by atoms with E-state index in [1.165, 1.54) is 32.4 Å². The Kier molecular flexibility index (Phi) is 5.11. The Labute approximate surface area is 144 Å². The molecule has 2 rings (SSSR count). The highest BCUT2D eigenvalue weighted by molar-refractivity contribution is 9.10. The van der Waals surface area contributed by atoms with E-state index >= 15 is 0 Å². The molecule has 23 heavy (non-hydrogen) atoms. The van der Waals surface area contributed by atoms with E-state index < -0.39 is 16.0 Å². The van der Waals surface area contributed by atoms with E-state index in [0.717, 1.165) is 14.3 Å². The van der Waals surface area contributed by atoms with Gasteiger partial charge in [0.2, 0.25) is 0 Å². The van der Waals surface area contributed by atoms with Gasteiger partial charge in [0.25, 0.3) is 10.0 Å². The molecule has 0 amide bonds. The Morgan fingerprint density at radius 2 is 1.74 bits per heavy atom. The van der Waals surface area contributed by atoms with Gasteiger partial charge in [-0.2, -0.15) is 0 Å². The van der Waals surface area contributed by atoms with Crippen molar-refractivity contribution >= 4 is 37.6 Å². The summed E-state index contributed by atoms with van der Waals surface area (Å²) in [5.41, 5.74) is 1.46. The highest BCUT2D eigenvalue weighted by Gasteiger charge is 2.23. The summed E-state index contributed by atoms with van der Waals surface area (Å²) in [5.74, 6) is -0.513. The van der Waals surface area contributed by atoms with Crippen LogP contribution in [-0.4, -0.2) is 28.5 Å². The summed E-state index contributed by atoms with van der Waals surface area (Å²) in [7, 11) is -0.979. The van der Waals surface area contributed by atoms with Crippen molar-refractivity contribution in [2.24, 2.45) is 0 Å². The Hall–Kier alpha value is -1.86. The van der Waals surface area contributed by atoms with Gasteiger partial charge >= 0.3 is 5.97 Å². The normalized spacial score (nSPS) is 11.1. The molecule has 0 saturated heterocycles. The molecule has 0 bridgehead atoms. The number of hydrogen-bond acceptors (Lipinski definition) is 4. The molecule has 2 aromatic rings. The Bertz CT molecular complexity index is 832. The third-order valence-electron chi connectivity index (χ3n) is 3.44. The zero-order valence-corrected chi connectivity index (χ0v) is 15.3. The summed E-state index contributed by atoms with van der Waals surface area (Å²) in [6, 6.07) is 11.2. The van der Waals surface area contributed by atoms with Crippen molar-refractivity contribution in [3.63, 3.8) is 0 Å². The van der Waals surface area contributed by atoms with Crippen molar-refractivity contribution in [1.29, 1.82) is 0 Å². The maximum atomic E-state index is 12.7. The predicted octanol–water partition coefficient (Wildman–Crippen LogP) is 3.37. The average Bonchev–Trinajstić information content (AvgIpc) is 2.54. The molecule has 0 aliphatic rings. The van der Waals surface area contributed by atoms with Gasteiger partial charge in [0.05, 0.1) is 23.3 Å². The number of carbonyl (C=O) groups is 1. The van der Waals surface area contributed by atoms with Gasteiger partial charge in [-0.3, -0.25) is 4.31 Å². The number of hydrogen-bond donors (Lipinski definition) is 0. The van der Waals surface area contributed by atoms with Gasteiger partial charge in [-0.1, -0.05) is 22.0 Å². The van der Waals surface area contributed by atoms with Crippen LogP contribution in [0.2, 0.25) is 0 Å². The predicted molar refractivity (Wildman–Crippen MR) is 92.2 cm³/mol. The number of nitrogens with zero attached hydrogens (tertiary/aromatic N) is 1. The molecule has 0 radical (unpaired) electrons. The molecule has 0 fully saturated rings. The van der Waals surface area contributed by atoms with Crippen LogP contribution in [0.3, 0.4) is 0 Å². The van der Waals surface area contributed by atoms with Crippen molar-refractivity contribution in [1.82, 2.24) is 0 Å². The van der Waals surface area contributed by atoms with E-state index in [1.807, 2.05) is 0 Å². The molecular weight excluding hydrogens is 382 g/mol. The third-order valence-corrected chi connectivity index (χ3v) is 5.76. The van der Waals surface area contributed by atoms with E-state index in [1.54, 1.807) is 31.2 Å². The van der Waals surface area contributed by atoms with E-state index in [2.05, 4.69) is 20.7 Å². The Morgan fingerprint density at radius 1 is 1.13 bits per heavy atom. The quantitative estimate of drug-likeness (QED) is 0.741. The third kappa shape index (κ3) is 3.56. The lowest BCUT2D eigenvalue weighted by Gasteiger charge is -2.22. The Morgan fingerprint density at radius 3 is 2.30 bits per heavy atom. The van der Waals surface area contributed by atoms with Crippen molar-refractivity contribution in [3.8, 4) is 0 Å². The number of rotatable bonds is 4. The molecule has 122 valence electrons. The fraction of sp³-hybridized carbons (Fsp3) is 0.188. The van der Waals surface area contributed by atoms with Gasteiger partial charge in [-0.05, 0) is 48.9 Å². The number of ether oxygens (including phenoxy) is 1. The minimum atomic E-state index is -3.72. The van der Waals surface area contributed by atoms with Gasteiger partial charge in [0.15, 0.2) is 0 Å². The fourth-order valence-electron chi connectivity index (χ4n) is 2.09. The summed E-state index contributed by atoms with van der Waals surface area (Å²) in [6.07, 6.45) is 0. The van der Waals surface area contributed by atoms with Crippen LogP contribution in [0.15, 0.2) is 51.8 Å². The minimum Gasteiger partial charge on any atom is -0.465 e. The molecule has 5 nitrogen and oxygen atoms in total. The van der Waals surface area contributed by atoms with Gasteiger partial charge in [-0.15, -0.1) is 0 Å². The molecule has 0 aromatic heterocycles. The molecular formula is C16H16BrNO4S. The molecule has 0 spiro atoms. The molecule has 0 N–H and O–H groups in total. The first kappa shape index (κ1) is 17.5. The number of anilines is 1. The lowest BCUT2D eigenvalue weighted by Crippen LogP contribution is -2.27. The van der Waals surface area contributed by atoms with Crippen molar-refractivity contribution in [2.45, 2.75) is 11.8 Å². The van der Waals surface area contributed by atoms with E-state index in [-0.39, 0.29) is 4.90 Å². The van der Waals surface area contributed by atoms with Crippen molar-refractivity contribution in [2.75, 3.05) is 18.5 Å². The number of aryl methyl sites for hydroxylation is 1. The maximum Gasteiger partial charge on any atom is 0.337 e. The molecule has 0 aliphatic carbocycles. The van der Waals surface area contributed by atoms with Crippen LogP contribution in [0.1, 0.15) is 15.9 Å². The molecule has 0 heterocycles. The fourth-order valence-corrected chi connectivity index (χ4v) is 3.60. The van der Waals surface area contributed by atoms with Crippen LogP contribution in [0.25, 0.3) is 0 Å². The zero-order valence-electron chi connectivity index (χ0n) is 12.9. The molecule has 0 unspecified atom stereocenters. The first-order chi connectivity index (χ1) is 10.8. The van der Waals surface area contributed by atoms with Gasteiger partial charge in [-0.25, -0.2) is 13.2 Å². The number of benzene rings is 2. The van der Waals surface area contributed by atoms with Crippen LogP contribution in [0.4, 0.5) is 5.69 Å². The van der Waals surface area contributed by atoms with E-state index in [9.17, 15) is 13.2 Å². The summed E-state index contributed by atoms with van der Waals surface area (Å²) in [4.78, 5) is 11.8. The molecule has 0 saturated carbocycles. The second kappa shape index (κ2) is 6.72. The monoisotopic (exact) mass is 397 g/mol. The molecule has 0 aliphatic heterocycles. The highest BCUT2D eigenvalue weighted by atomic mass is 79.9. The zero-order chi connectivity index (χ0) is 17.2. The van der Waals surface area contributed by atoms with Crippen LogP contribution in [-0.2, 0) is 14.8 Å². The Balaban J connectivity index is 2.48. The average molecular weight is 398 g/mol. The second-order valence-corrected chi connectivity index (χ2v) is 7.80. The van der Waals surface area contributed by atoms with Crippen LogP contribution in [0, 0.1) is 6.92 Å². The number of sulfonamides is 1. The van der Waals surface area contributed by atoms with Crippen LogP contribution >= 0.6 is 15.9 Å².